The Bertz CT molecular complexity index is 358. The van der Waals surface area contributed by atoms with Crippen LogP contribution in [-0.2, 0) is 12.6 Å². The zero-order chi connectivity index (χ0) is 10.9. The molecular weight excluding hydrogens is 219 g/mol. The number of aromatic carboxylic acids is 1. The summed E-state index contributed by atoms with van der Waals surface area (Å²) in [7, 11) is 0. The topological polar surface area (TPSA) is 50.2 Å². The van der Waals surface area contributed by atoms with Crippen molar-refractivity contribution in [2.24, 2.45) is 0 Å². The van der Waals surface area contributed by atoms with Crippen LogP contribution in [0.3, 0.4) is 0 Å². The monoisotopic (exact) mass is 225 g/mol. The number of carboxylic acid groups (broad SMARTS) is 1. The first-order chi connectivity index (χ1) is 6.36. The molecule has 0 aliphatic rings. The van der Waals surface area contributed by atoms with Gasteiger partial charge in [-0.3, -0.25) is 0 Å². The summed E-state index contributed by atoms with van der Waals surface area (Å²) in [6, 6.07) is 0. The fourth-order valence-electron chi connectivity index (χ4n) is 0.853. The van der Waals surface area contributed by atoms with Gasteiger partial charge in [0.1, 0.15) is 4.88 Å². The Morgan fingerprint density at radius 1 is 1.57 bits per heavy atom. The van der Waals surface area contributed by atoms with E-state index in [1.807, 2.05) is 0 Å². The van der Waals surface area contributed by atoms with Crippen LogP contribution < -0.4 is 0 Å². The normalized spacial score (nSPS) is 11.7. The average Bonchev–Trinajstić information content (AvgIpc) is 2.46. The molecule has 0 saturated heterocycles. The lowest BCUT2D eigenvalue weighted by Crippen LogP contribution is -2.11. The van der Waals surface area contributed by atoms with Gasteiger partial charge in [-0.2, -0.15) is 13.2 Å². The second-order valence-electron chi connectivity index (χ2n) is 2.44. The molecule has 78 valence electrons. The molecule has 7 heteroatoms. The SMILES string of the molecule is CCc1nc(C(F)(F)F)c(C(=O)O)s1. The molecule has 0 amide bonds. The van der Waals surface area contributed by atoms with E-state index in [0.29, 0.717) is 17.8 Å². The van der Waals surface area contributed by atoms with E-state index in [1.165, 1.54) is 0 Å². The largest absolute Gasteiger partial charge is 0.477 e. The van der Waals surface area contributed by atoms with Crippen LogP contribution in [0.4, 0.5) is 13.2 Å². The molecule has 0 bridgehead atoms. The van der Waals surface area contributed by atoms with E-state index >= 15 is 0 Å². The predicted molar refractivity (Wildman–Crippen MR) is 43.5 cm³/mol. The first-order valence-electron chi connectivity index (χ1n) is 3.66. The second kappa shape index (κ2) is 3.56. The molecule has 14 heavy (non-hydrogen) atoms. The highest BCUT2D eigenvalue weighted by atomic mass is 32.1. The highest BCUT2D eigenvalue weighted by Crippen LogP contribution is 2.34. The number of nitrogens with zero attached hydrogens (tertiary/aromatic N) is 1. The number of hydrogen-bond acceptors (Lipinski definition) is 3. The van der Waals surface area contributed by atoms with Gasteiger partial charge in [0.25, 0.3) is 0 Å². The summed E-state index contributed by atoms with van der Waals surface area (Å²) in [6.07, 6.45) is -4.40. The maximum Gasteiger partial charge on any atom is 0.435 e. The summed E-state index contributed by atoms with van der Waals surface area (Å²) in [5.41, 5.74) is -1.30. The number of aromatic nitrogens is 1. The van der Waals surface area contributed by atoms with Gasteiger partial charge < -0.3 is 5.11 Å². The fraction of sp³-hybridized carbons (Fsp3) is 0.429. The van der Waals surface area contributed by atoms with Crippen molar-refractivity contribution >= 4 is 17.3 Å². The number of thiazole rings is 1. The third-order valence-electron chi connectivity index (χ3n) is 1.44. The molecule has 0 saturated carbocycles. The van der Waals surface area contributed by atoms with Crippen molar-refractivity contribution in [2.75, 3.05) is 0 Å². The maximum atomic E-state index is 12.2. The van der Waals surface area contributed by atoms with Crippen molar-refractivity contribution in [3.05, 3.63) is 15.6 Å². The number of carboxylic acids is 1. The molecule has 0 aliphatic carbocycles. The number of halogens is 3. The zero-order valence-electron chi connectivity index (χ0n) is 7.05. The van der Waals surface area contributed by atoms with E-state index in [4.69, 9.17) is 5.11 Å². The molecule has 1 rings (SSSR count). The van der Waals surface area contributed by atoms with Crippen LogP contribution in [0.25, 0.3) is 0 Å². The summed E-state index contributed by atoms with van der Waals surface area (Å²) in [5, 5.41) is 8.68. The molecule has 1 aromatic heterocycles. The van der Waals surface area contributed by atoms with Crippen LogP contribution >= 0.6 is 11.3 Å². The van der Waals surface area contributed by atoms with E-state index in [-0.39, 0.29) is 5.01 Å². The number of hydrogen-bond donors (Lipinski definition) is 1. The Morgan fingerprint density at radius 3 is 2.43 bits per heavy atom. The summed E-state index contributed by atoms with van der Waals surface area (Å²) in [6.45, 7) is 1.62. The highest BCUT2D eigenvalue weighted by Gasteiger charge is 2.39. The molecule has 0 fully saturated rings. The Balaban J connectivity index is 3.26. The Labute approximate surface area is 81.2 Å². The van der Waals surface area contributed by atoms with Gasteiger partial charge >= 0.3 is 12.1 Å². The molecule has 1 heterocycles. The van der Waals surface area contributed by atoms with E-state index in [2.05, 4.69) is 4.98 Å². The van der Waals surface area contributed by atoms with Crippen LogP contribution in [0.1, 0.15) is 27.3 Å². The third kappa shape index (κ3) is 2.03. The van der Waals surface area contributed by atoms with Gasteiger partial charge in [-0.15, -0.1) is 11.3 Å². The summed E-state index contributed by atoms with van der Waals surface area (Å²) >= 11 is 0.564. The second-order valence-corrected chi connectivity index (χ2v) is 3.53. The Kier molecular flexibility index (Phi) is 2.79. The van der Waals surface area contributed by atoms with Gasteiger partial charge in [0.05, 0.1) is 5.01 Å². The summed E-state index contributed by atoms with van der Waals surface area (Å²) in [5.74, 6) is -1.59. The number of rotatable bonds is 2. The van der Waals surface area contributed by atoms with Gasteiger partial charge in [0.15, 0.2) is 5.69 Å². The zero-order valence-corrected chi connectivity index (χ0v) is 7.87. The Morgan fingerprint density at radius 2 is 2.14 bits per heavy atom. The maximum absolute atomic E-state index is 12.2. The van der Waals surface area contributed by atoms with Gasteiger partial charge in [0.2, 0.25) is 0 Å². The first kappa shape index (κ1) is 11.0. The summed E-state index contributed by atoms with van der Waals surface area (Å²) < 4.78 is 36.7. The van der Waals surface area contributed by atoms with Gasteiger partial charge in [-0.05, 0) is 6.42 Å². The molecule has 1 aromatic rings. The standard InChI is InChI=1S/C7H6F3NO2S/c1-2-3-11-5(7(8,9)10)4(14-3)6(12)13/h2H2,1H3,(H,12,13). The van der Waals surface area contributed by atoms with E-state index < -0.39 is 22.7 Å². The fourth-order valence-corrected chi connectivity index (χ4v) is 1.71. The molecule has 0 spiro atoms. The molecule has 0 atom stereocenters. The van der Waals surface area contributed by atoms with Crippen LogP contribution in [0.5, 0.6) is 0 Å². The summed E-state index contributed by atoms with van der Waals surface area (Å²) in [4.78, 5) is 13.0. The lowest BCUT2D eigenvalue weighted by molar-refractivity contribution is -0.141. The van der Waals surface area contributed by atoms with E-state index in [0.717, 1.165) is 0 Å². The molecule has 0 unspecified atom stereocenters. The molecular formula is C7H6F3NO2S. The minimum atomic E-state index is -4.70. The lowest BCUT2D eigenvalue weighted by Gasteiger charge is -2.02. The quantitative estimate of drug-likeness (QED) is 0.840. The van der Waals surface area contributed by atoms with Crippen molar-refractivity contribution in [3.8, 4) is 0 Å². The minimum Gasteiger partial charge on any atom is -0.477 e. The third-order valence-corrected chi connectivity index (χ3v) is 2.62. The smallest absolute Gasteiger partial charge is 0.435 e. The van der Waals surface area contributed by atoms with Gasteiger partial charge in [-0.25, -0.2) is 9.78 Å². The molecule has 1 N–H and O–H groups in total. The van der Waals surface area contributed by atoms with E-state index in [1.54, 1.807) is 6.92 Å². The van der Waals surface area contributed by atoms with Crippen molar-refractivity contribution < 1.29 is 23.1 Å². The van der Waals surface area contributed by atoms with Crippen LogP contribution in [-0.4, -0.2) is 16.1 Å². The molecule has 3 nitrogen and oxygen atoms in total. The Hall–Kier alpha value is -1.11. The van der Waals surface area contributed by atoms with Crippen LogP contribution in [0, 0.1) is 0 Å². The van der Waals surface area contributed by atoms with Crippen LogP contribution in [0.2, 0.25) is 0 Å². The highest BCUT2D eigenvalue weighted by molar-refractivity contribution is 7.13. The van der Waals surface area contributed by atoms with Gasteiger partial charge in [0, 0.05) is 0 Å². The predicted octanol–water partition coefficient (Wildman–Crippen LogP) is 2.42. The lowest BCUT2D eigenvalue weighted by atomic mass is 10.3. The van der Waals surface area contributed by atoms with Crippen molar-refractivity contribution in [3.63, 3.8) is 0 Å². The van der Waals surface area contributed by atoms with Crippen molar-refractivity contribution in [2.45, 2.75) is 19.5 Å². The minimum absolute atomic E-state index is 0.176. The number of carbonyl (C=O) groups is 1. The van der Waals surface area contributed by atoms with Crippen molar-refractivity contribution in [1.29, 1.82) is 0 Å². The van der Waals surface area contributed by atoms with Crippen LogP contribution in [0.15, 0.2) is 0 Å². The first-order valence-corrected chi connectivity index (χ1v) is 4.48. The molecule has 0 aromatic carbocycles. The number of aryl methyl sites for hydroxylation is 1. The molecule has 0 radical (unpaired) electrons. The molecule has 0 aliphatic heterocycles. The average molecular weight is 225 g/mol. The van der Waals surface area contributed by atoms with Gasteiger partial charge in [-0.1, -0.05) is 6.92 Å². The van der Waals surface area contributed by atoms with Crippen molar-refractivity contribution in [1.82, 2.24) is 4.98 Å². The number of alkyl halides is 3. The van der Waals surface area contributed by atoms with E-state index in [9.17, 15) is 18.0 Å².